The molecule has 0 saturated carbocycles. The average molecular weight is 333 g/mol. The van der Waals surface area contributed by atoms with Gasteiger partial charge in [0.15, 0.2) is 0 Å². The van der Waals surface area contributed by atoms with E-state index in [1.807, 2.05) is 6.07 Å². The first kappa shape index (κ1) is 15.1. The molecule has 2 rings (SSSR count). The molecule has 0 heterocycles. The van der Waals surface area contributed by atoms with Crippen molar-refractivity contribution in [2.24, 2.45) is 5.73 Å². The van der Waals surface area contributed by atoms with Gasteiger partial charge in [0.25, 0.3) is 0 Å². The van der Waals surface area contributed by atoms with Crippen molar-refractivity contribution in [2.45, 2.75) is 25.8 Å². The molecule has 0 fully saturated rings. The summed E-state index contributed by atoms with van der Waals surface area (Å²) >= 11 is 3.53. The highest BCUT2D eigenvalue weighted by atomic mass is 79.9. The Morgan fingerprint density at radius 3 is 2.55 bits per heavy atom. The Hall–Kier alpha value is -1.32. The van der Waals surface area contributed by atoms with Crippen LogP contribution in [0, 0.1) is 6.92 Å². The van der Waals surface area contributed by atoms with Gasteiger partial charge >= 0.3 is 0 Å². The van der Waals surface area contributed by atoms with Gasteiger partial charge in [-0.3, -0.25) is 0 Å². The summed E-state index contributed by atoms with van der Waals surface area (Å²) in [7, 11) is 0. The number of hydrogen-bond donors (Lipinski definition) is 2. The molecule has 3 heteroatoms. The van der Waals surface area contributed by atoms with Crippen molar-refractivity contribution in [3.8, 4) is 0 Å². The maximum Gasteiger partial charge on any atom is 0.0386 e. The maximum absolute atomic E-state index is 5.89. The highest BCUT2D eigenvalue weighted by Gasteiger charge is 2.07. The van der Waals surface area contributed by atoms with E-state index in [2.05, 4.69) is 70.6 Å². The van der Waals surface area contributed by atoms with Gasteiger partial charge < -0.3 is 11.1 Å². The molecular weight excluding hydrogens is 312 g/mol. The first-order valence-corrected chi connectivity index (χ1v) is 7.74. The molecule has 2 aromatic carbocycles. The standard InChI is InChI=1S/C17H21BrN2/c1-13-9-15(18)11-17(10-13)20-16(12-19)8-7-14-5-3-2-4-6-14/h2-6,9-11,16,20H,7-8,12,19H2,1H3. The lowest BCUT2D eigenvalue weighted by Gasteiger charge is -2.19. The first-order valence-electron chi connectivity index (χ1n) is 6.95. The second kappa shape index (κ2) is 7.46. The SMILES string of the molecule is Cc1cc(Br)cc(NC(CN)CCc2ccccc2)c1. The number of aryl methyl sites for hydroxylation is 2. The molecule has 0 amide bonds. The van der Waals surface area contributed by atoms with Crippen LogP contribution >= 0.6 is 15.9 Å². The summed E-state index contributed by atoms with van der Waals surface area (Å²) in [5, 5.41) is 3.53. The van der Waals surface area contributed by atoms with Crippen LogP contribution in [0.4, 0.5) is 5.69 Å². The monoisotopic (exact) mass is 332 g/mol. The number of nitrogens with two attached hydrogens (primary N) is 1. The molecule has 0 aromatic heterocycles. The van der Waals surface area contributed by atoms with Crippen molar-refractivity contribution < 1.29 is 0 Å². The molecule has 0 aliphatic carbocycles. The van der Waals surface area contributed by atoms with Crippen LogP contribution in [0.25, 0.3) is 0 Å². The van der Waals surface area contributed by atoms with E-state index in [-0.39, 0.29) is 0 Å². The summed E-state index contributed by atoms with van der Waals surface area (Å²) in [6.45, 7) is 2.73. The smallest absolute Gasteiger partial charge is 0.0386 e. The molecule has 106 valence electrons. The van der Waals surface area contributed by atoms with E-state index in [1.54, 1.807) is 0 Å². The fraction of sp³-hybridized carbons (Fsp3) is 0.294. The second-order valence-electron chi connectivity index (χ2n) is 5.12. The van der Waals surface area contributed by atoms with Crippen molar-refractivity contribution in [2.75, 3.05) is 11.9 Å². The maximum atomic E-state index is 5.89. The number of anilines is 1. The van der Waals surface area contributed by atoms with Crippen molar-refractivity contribution in [1.82, 2.24) is 0 Å². The zero-order valence-corrected chi connectivity index (χ0v) is 13.4. The molecule has 1 atom stereocenters. The zero-order valence-electron chi connectivity index (χ0n) is 11.8. The number of rotatable bonds is 6. The average Bonchev–Trinajstić information content (AvgIpc) is 2.43. The number of nitrogens with one attached hydrogen (secondary N) is 1. The van der Waals surface area contributed by atoms with Crippen LogP contribution in [-0.2, 0) is 6.42 Å². The van der Waals surface area contributed by atoms with E-state index in [1.165, 1.54) is 11.1 Å². The lowest BCUT2D eigenvalue weighted by molar-refractivity contribution is 0.660. The number of hydrogen-bond acceptors (Lipinski definition) is 2. The Balaban J connectivity index is 1.95. The molecule has 0 aliphatic heterocycles. The van der Waals surface area contributed by atoms with Gasteiger partial charge in [-0.1, -0.05) is 46.3 Å². The van der Waals surface area contributed by atoms with Crippen molar-refractivity contribution >= 4 is 21.6 Å². The van der Waals surface area contributed by atoms with Crippen LogP contribution in [0.2, 0.25) is 0 Å². The molecule has 0 radical (unpaired) electrons. The van der Waals surface area contributed by atoms with Gasteiger partial charge in [0.1, 0.15) is 0 Å². The van der Waals surface area contributed by atoms with Gasteiger partial charge in [0.05, 0.1) is 0 Å². The van der Waals surface area contributed by atoms with Crippen LogP contribution in [0.5, 0.6) is 0 Å². The van der Waals surface area contributed by atoms with E-state index >= 15 is 0 Å². The second-order valence-corrected chi connectivity index (χ2v) is 6.03. The van der Waals surface area contributed by atoms with E-state index in [9.17, 15) is 0 Å². The highest BCUT2D eigenvalue weighted by molar-refractivity contribution is 9.10. The van der Waals surface area contributed by atoms with Gasteiger partial charge in [-0.15, -0.1) is 0 Å². The van der Waals surface area contributed by atoms with Gasteiger partial charge in [0, 0.05) is 22.7 Å². The van der Waals surface area contributed by atoms with Crippen LogP contribution in [0.15, 0.2) is 53.0 Å². The third-order valence-electron chi connectivity index (χ3n) is 3.32. The van der Waals surface area contributed by atoms with E-state index < -0.39 is 0 Å². The zero-order chi connectivity index (χ0) is 14.4. The highest BCUT2D eigenvalue weighted by Crippen LogP contribution is 2.20. The van der Waals surface area contributed by atoms with Gasteiger partial charge in [0.2, 0.25) is 0 Å². The Morgan fingerprint density at radius 1 is 1.15 bits per heavy atom. The molecule has 20 heavy (non-hydrogen) atoms. The quantitative estimate of drug-likeness (QED) is 0.834. The summed E-state index contributed by atoms with van der Waals surface area (Å²) in [5.41, 5.74) is 9.61. The number of halogens is 1. The normalized spacial score (nSPS) is 12.2. The fourth-order valence-corrected chi connectivity index (χ4v) is 2.90. The minimum absolute atomic E-state index is 0.295. The van der Waals surface area contributed by atoms with Gasteiger partial charge in [-0.2, -0.15) is 0 Å². The Bertz CT molecular complexity index is 520. The third-order valence-corrected chi connectivity index (χ3v) is 3.78. The van der Waals surface area contributed by atoms with Crippen molar-refractivity contribution in [1.29, 1.82) is 0 Å². The molecule has 1 unspecified atom stereocenters. The van der Waals surface area contributed by atoms with Crippen LogP contribution < -0.4 is 11.1 Å². The summed E-state index contributed by atoms with van der Waals surface area (Å²) in [6, 6.07) is 17.2. The Morgan fingerprint density at radius 2 is 1.90 bits per heavy atom. The minimum atomic E-state index is 0.295. The summed E-state index contributed by atoms with van der Waals surface area (Å²) in [6.07, 6.45) is 2.08. The fourth-order valence-electron chi connectivity index (χ4n) is 2.29. The van der Waals surface area contributed by atoms with Crippen LogP contribution in [-0.4, -0.2) is 12.6 Å². The van der Waals surface area contributed by atoms with E-state index in [0.717, 1.165) is 23.0 Å². The lowest BCUT2D eigenvalue weighted by Crippen LogP contribution is -2.29. The number of benzene rings is 2. The van der Waals surface area contributed by atoms with Crippen LogP contribution in [0.1, 0.15) is 17.5 Å². The first-order chi connectivity index (χ1) is 9.67. The Kier molecular flexibility index (Phi) is 5.62. The third kappa shape index (κ3) is 4.66. The molecule has 0 aliphatic rings. The lowest BCUT2D eigenvalue weighted by atomic mass is 10.0. The molecule has 0 bridgehead atoms. The van der Waals surface area contributed by atoms with Gasteiger partial charge in [-0.25, -0.2) is 0 Å². The largest absolute Gasteiger partial charge is 0.381 e. The topological polar surface area (TPSA) is 38.0 Å². The molecule has 2 aromatic rings. The molecular formula is C17H21BrN2. The van der Waals surface area contributed by atoms with E-state index in [4.69, 9.17) is 5.73 Å². The Labute approximate surface area is 129 Å². The predicted octanol–water partition coefficient (Wildman–Crippen LogP) is 4.13. The van der Waals surface area contributed by atoms with Gasteiger partial charge in [-0.05, 0) is 49.1 Å². The minimum Gasteiger partial charge on any atom is -0.381 e. The van der Waals surface area contributed by atoms with Crippen molar-refractivity contribution in [3.63, 3.8) is 0 Å². The summed E-state index contributed by atoms with van der Waals surface area (Å²) in [5.74, 6) is 0. The van der Waals surface area contributed by atoms with E-state index in [0.29, 0.717) is 12.6 Å². The summed E-state index contributed by atoms with van der Waals surface area (Å²) in [4.78, 5) is 0. The molecule has 0 saturated heterocycles. The van der Waals surface area contributed by atoms with Crippen molar-refractivity contribution in [3.05, 3.63) is 64.1 Å². The molecule has 2 nitrogen and oxygen atoms in total. The molecule has 0 spiro atoms. The predicted molar refractivity (Wildman–Crippen MR) is 90.1 cm³/mol. The van der Waals surface area contributed by atoms with Crippen LogP contribution in [0.3, 0.4) is 0 Å². The molecule has 3 N–H and O–H groups in total. The summed E-state index contributed by atoms with van der Waals surface area (Å²) < 4.78 is 1.10.